The van der Waals surface area contributed by atoms with Gasteiger partial charge in [-0.15, -0.1) is 16.0 Å². The summed E-state index contributed by atoms with van der Waals surface area (Å²) in [5.41, 5.74) is 0.861. The van der Waals surface area contributed by atoms with Gasteiger partial charge in [-0.05, 0) is 55.6 Å². The van der Waals surface area contributed by atoms with Crippen molar-refractivity contribution in [3.8, 4) is 17.3 Å². The highest BCUT2D eigenvalue weighted by Crippen LogP contribution is 2.41. The van der Waals surface area contributed by atoms with E-state index in [0.29, 0.717) is 45.7 Å². The second-order valence-corrected chi connectivity index (χ2v) is 14.9. The maximum absolute atomic E-state index is 15.4. The first-order valence-corrected chi connectivity index (χ1v) is 19.6. The molecule has 0 spiro atoms. The summed E-state index contributed by atoms with van der Waals surface area (Å²) in [4.78, 5) is 42.3. The zero-order chi connectivity index (χ0) is 43.0. The van der Waals surface area contributed by atoms with Crippen LogP contribution in [0.1, 0.15) is 53.4 Å². The molecule has 2 N–H and O–H groups in total. The Hall–Kier alpha value is -6.39. The number of nitrogens with one attached hydrogen (secondary N) is 1. The number of carbonyl (C=O) groups excluding carboxylic acids is 2. The molecule has 3 atom stereocenters. The maximum Gasteiger partial charge on any atom is 0.418 e. The van der Waals surface area contributed by atoms with Crippen LogP contribution in [0.5, 0.6) is 0 Å². The molecule has 0 fully saturated rings. The largest absolute Gasteiger partial charge is 1.00 e. The van der Waals surface area contributed by atoms with Gasteiger partial charge in [0.2, 0.25) is 12.6 Å². The Labute approximate surface area is 361 Å². The molecule has 1 amide bonds. The van der Waals surface area contributed by atoms with Gasteiger partial charge in [-0.2, -0.15) is 9.83 Å². The average molecular weight is 873 g/mol. The Bertz CT molecular complexity index is 2500. The second-order valence-electron chi connectivity index (χ2n) is 14.0. The first-order chi connectivity index (χ1) is 28.8. The summed E-state index contributed by atoms with van der Waals surface area (Å²) in [6.45, 7) is 3.43. The number of benzene rings is 2. The highest BCUT2D eigenvalue weighted by Gasteiger charge is 2.43. The number of hydrogen-bond donors (Lipinski definition) is 2. The number of aromatic nitrogens is 6. The third-order valence-corrected chi connectivity index (χ3v) is 10.8. The number of carbonyl (C=O) groups is 2. The molecular weight excluding hydrogens is 830 g/mol. The summed E-state index contributed by atoms with van der Waals surface area (Å²) in [7, 11) is 5.01. The van der Waals surface area contributed by atoms with Crippen LogP contribution in [0.25, 0.3) is 11.3 Å². The van der Waals surface area contributed by atoms with Crippen LogP contribution in [0.3, 0.4) is 0 Å². The summed E-state index contributed by atoms with van der Waals surface area (Å²) in [5, 5.41) is 30.9. The van der Waals surface area contributed by atoms with Gasteiger partial charge >= 0.3 is 12.1 Å². The van der Waals surface area contributed by atoms with E-state index in [1.165, 1.54) is 45.2 Å². The molecule has 0 aliphatic rings. The van der Waals surface area contributed by atoms with E-state index >= 15 is 4.39 Å². The molecule has 19 heteroatoms. The monoisotopic (exact) mass is 872 g/mol. The Kier molecular flexibility index (Phi) is 15.2. The Morgan fingerprint density at radius 3 is 2.59 bits per heavy atom. The molecule has 4 heterocycles. The highest BCUT2D eigenvalue weighted by atomic mass is 35.5. The number of thiazole rings is 1. The van der Waals surface area contributed by atoms with Gasteiger partial charge in [0.25, 0.3) is 6.33 Å². The predicted molar refractivity (Wildman–Crippen MR) is 217 cm³/mol. The normalized spacial score (nSPS) is 12.9. The lowest BCUT2D eigenvalue weighted by atomic mass is 9.82. The van der Waals surface area contributed by atoms with Crippen LogP contribution in [0.2, 0.25) is 0 Å². The molecule has 318 valence electrons. The zero-order valence-corrected chi connectivity index (χ0v) is 35.4. The SMILES string of the molecule is CNCC(=O)OCc1cccnc1N(C)Cc1cccc(N(C)C(=O)OC(C)[n+]2cnn(C[C@](O)(c3cc(F)ccc3F)[C@@H](C)c3nc(-c4ccc(C#N)cc4)cs3)c2)n1.[Cl-]. The van der Waals surface area contributed by atoms with Crippen LogP contribution in [0.15, 0.2) is 97.0 Å². The first-order valence-electron chi connectivity index (χ1n) is 18.7. The maximum atomic E-state index is 15.4. The van der Waals surface area contributed by atoms with Crippen LogP contribution in [0.4, 0.5) is 25.2 Å². The number of amides is 1. The summed E-state index contributed by atoms with van der Waals surface area (Å²) < 4.78 is 44.0. The van der Waals surface area contributed by atoms with Gasteiger partial charge in [-0.3, -0.25) is 9.69 Å². The molecule has 0 aliphatic carbocycles. The molecule has 1 unspecified atom stereocenters. The number of aliphatic hydroxyl groups is 1. The molecule has 0 bridgehead atoms. The van der Waals surface area contributed by atoms with Crippen LogP contribution in [0, 0.1) is 23.0 Å². The summed E-state index contributed by atoms with van der Waals surface area (Å²) in [6, 6.07) is 20.7. The number of anilines is 2. The molecule has 0 aliphatic heterocycles. The van der Waals surface area contributed by atoms with Gasteiger partial charge in [0.05, 0.1) is 41.1 Å². The highest BCUT2D eigenvalue weighted by molar-refractivity contribution is 7.10. The van der Waals surface area contributed by atoms with Crippen molar-refractivity contribution in [3.63, 3.8) is 0 Å². The van der Waals surface area contributed by atoms with Crippen molar-refractivity contribution in [2.75, 3.05) is 37.5 Å². The van der Waals surface area contributed by atoms with Crippen LogP contribution < -0.4 is 32.1 Å². The van der Waals surface area contributed by atoms with Crippen molar-refractivity contribution in [2.45, 2.75) is 51.3 Å². The van der Waals surface area contributed by atoms with Gasteiger partial charge in [0.15, 0.2) is 0 Å². The zero-order valence-electron chi connectivity index (χ0n) is 33.9. The standard InChI is InChI=1S/C42H43F2N10O5S.ClH/c1-27(40-50-36(23-60-40)30-13-11-29(19-45)12-14-30)42(57,34-18-32(43)15-16-35(34)44)24-54-26-53(25-48-54)28(2)59-41(56)52(5)37-10-6-9-33(49-37)21-51(4)39-31(8-7-17-47-39)22-58-38(55)20-46-3;/h6-18,23,25-28,46,57H,20-22,24H2,1-5H3;1H/q+1;/p-1/t27-,28?,42+;/m0./s1. The lowest BCUT2D eigenvalue weighted by Gasteiger charge is -2.32. The van der Waals surface area contributed by atoms with Gasteiger partial charge in [-0.1, -0.05) is 31.2 Å². The summed E-state index contributed by atoms with van der Waals surface area (Å²) >= 11 is 1.25. The van der Waals surface area contributed by atoms with E-state index < -0.39 is 35.5 Å². The number of likely N-dealkylation sites (N-methyl/N-ethyl adjacent to an activating group) is 1. The van der Waals surface area contributed by atoms with Gasteiger partial charge < -0.3 is 37.2 Å². The third kappa shape index (κ3) is 10.9. The molecule has 6 aromatic rings. The first kappa shape index (κ1) is 45.7. The van der Waals surface area contributed by atoms with Crippen LogP contribution in [-0.2, 0) is 39.6 Å². The molecule has 6 rings (SSSR count). The number of nitriles is 1. The van der Waals surface area contributed by atoms with Crippen molar-refractivity contribution in [1.82, 2.24) is 30.0 Å². The Morgan fingerprint density at radius 1 is 1.08 bits per heavy atom. The average Bonchev–Trinajstić information content (AvgIpc) is 3.94. The third-order valence-electron chi connectivity index (χ3n) is 9.76. The molecule has 61 heavy (non-hydrogen) atoms. The molecule has 0 saturated heterocycles. The van der Waals surface area contributed by atoms with E-state index in [1.54, 1.807) is 74.9 Å². The van der Waals surface area contributed by atoms with Gasteiger partial charge in [0.1, 0.15) is 42.0 Å². The van der Waals surface area contributed by atoms with Crippen molar-refractivity contribution in [2.24, 2.45) is 0 Å². The fraction of sp³-hybridized carbons (Fsp3) is 0.286. The number of halogens is 3. The van der Waals surface area contributed by atoms with Gasteiger partial charge in [-0.25, -0.2) is 28.5 Å². The molecular formula is C42H43ClF2N10O5S. The van der Waals surface area contributed by atoms with Crippen molar-refractivity contribution in [3.05, 3.63) is 136 Å². The van der Waals surface area contributed by atoms with Crippen LogP contribution >= 0.6 is 11.3 Å². The van der Waals surface area contributed by atoms with E-state index in [4.69, 9.17) is 14.5 Å². The molecule has 2 aromatic carbocycles. The lowest BCUT2D eigenvalue weighted by molar-refractivity contribution is -0.753. The molecule has 0 saturated carbocycles. The van der Waals surface area contributed by atoms with E-state index in [-0.39, 0.29) is 43.6 Å². The number of ether oxygens (including phenoxy) is 2. The predicted octanol–water partition coefficient (Wildman–Crippen LogP) is 2.62. The molecule has 15 nitrogen and oxygen atoms in total. The topological polar surface area (TPSA) is 176 Å². The smallest absolute Gasteiger partial charge is 0.418 e. The van der Waals surface area contributed by atoms with E-state index in [1.807, 2.05) is 24.1 Å². The number of rotatable bonds is 16. The second kappa shape index (κ2) is 20.2. The summed E-state index contributed by atoms with van der Waals surface area (Å²) in [6.07, 6.45) is 2.91. The van der Waals surface area contributed by atoms with E-state index in [0.717, 1.165) is 23.8 Å². The van der Waals surface area contributed by atoms with E-state index in [9.17, 15) is 24.3 Å². The van der Waals surface area contributed by atoms with Crippen molar-refractivity contribution < 1.29 is 49.9 Å². The number of esters is 1. The number of hydrogen-bond acceptors (Lipinski definition) is 13. The number of nitrogens with zero attached hydrogens (tertiary/aromatic N) is 9. The fourth-order valence-electron chi connectivity index (χ4n) is 6.36. The Balaban J connectivity index is 0.00000704. The van der Waals surface area contributed by atoms with E-state index in [2.05, 4.69) is 26.5 Å². The fourth-order valence-corrected chi connectivity index (χ4v) is 7.33. The summed E-state index contributed by atoms with van der Waals surface area (Å²) in [5.74, 6) is -1.86. The number of pyridine rings is 2. The van der Waals surface area contributed by atoms with Gasteiger partial charge in [0, 0.05) is 60.3 Å². The molecule has 0 radical (unpaired) electrons. The Morgan fingerprint density at radius 2 is 1.85 bits per heavy atom. The molecule has 4 aromatic heterocycles. The minimum Gasteiger partial charge on any atom is -1.00 e. The minimum atomic E-state index is -2.04. The quantitative estimate of drug-likeness (QED) is 0.108. The van der Waals surface area contributed by atoms with Crippen molar-refractivity contribution >= 4 is 35.0 Å². The minimum absolute atomic E-state index is 0. The lowest BCUT2D eigenvalue weighted by Crippen LogP contribution is -3.00. The van der Waals surface area contributed by atoms with Crippen molar-refractivity contribution in [1.29, 1.82) is 5.26 Å². The van der Waals surface area contributed by atoms with Crippen LogP contribution in [-0.4, -0.2) is 69.6 Å².